The summed E-state index contributed by atoms with van der Waals surface area (Å²) in [5, 5.41) is 11.0. The summed E-state index contributed by atoms with van der Waals surface area (Å²) in [6.07, 6.45) is -4.54. The molecule has 2 aliphatic rings. The van der Waals surface area contributed by atoms with Gasteiger partial charge in [0.05, 0.1) is 17.8 Å². The molecule has 3 atom stereocenters. The average molecular weight is 527 g/mol. The number of alkyl halides is 3. The molecule has 0 bridgehead atoms. The van der Waals surface area contributed by atoms with Gasteiger partial charge in [0.1, 0.15) is 17.5 Å². The molecule has 0 spiro atoms. The van der Waals surface area contributed by atoms with Gasteiger partial charge in [-0.2, -0.15) is 23.3 Å². The first-order valence-corrected chi connectivity index (χ1v) is 12.1. The quantitative estimate of drug-likeness (QED) is 0.418. The molecule has 3 unspecified atom stereocenters. The summed E-state index contributed by atoms with van der Waals surface area (Å²) in [4.78, 5) is 24.0. The topological polar surface area (TPSA) is 101 Å². The minimum absolute atomic E-state index is 0.00360. The van der Waals surface area contributed by atoms with Crippen LogP contribution in [-0.4, -0.2) is 41.2 Å². The predicted octanol–water partition coefficient (Wildman–Crippen LogP) is 6.31. The Morgan fingerprint density at radius 3 is 2.53 bits per heavy atom. The van der Waals surface area contributed by atoms with E-state index in [9.17, 15) is 18.0 Å². The number of nitrogens with zero attached hydrogens (tertiary/aromatic N) is 5. The second-order valence-corrected chi connectivity index (χ2v) is 9.28. The lowest BCUT2D eigenvalue weighted by Crippen LogP contribution is -2.46. The molecule has 1 fully saturated rings. The van der Waals surface area contributed by atoms with E-state index in [2.05, 4.69) is 20.5 Å². The fourth-order valence-corrected chi connectivity index (χ4v) is 4.37. The zero-order valence-electron chi connectivity index (χ0n) is 20.9. The fraction of sp³-hybridized carbons (Fsp3) is 0.346. The van der Waals surface area contributed by atoms with Crippen molar-refractivity contribution in [3.63, 3.8) is 0 Å². The van der Waals surface area contributed by atoms with Crippen molar-refractivity contribution in [1.29, 1.82) is 0 Å². The second-order valence-electron chi connectivity index (χ2n) is 9.28. The largest absolute Gasteiger partial charge is 0.437 e. The Morgan fingerprint density at radius 1 is 1.05 bits per heavy atom. The molecular weight excluding hydrogens is 501 g/mol. The van der Waals surface area contributed by atoms with Gasteiger partial charge in [-0.15, -0.1) is 5.11 Å². The zero-order chi connectivity index (χ0) is 27.0. The highest BCUT2D eigenvalue weighted by molar-refractivity contribution is 6.04. The van der Waals surface area contributed by atoms with Crippen LogP contribution in [0.3, 0.4) is 0 Å². The van der Waals surface area contributed by atoms with Crippen molar-refractivity contribution in [1.82, 2.24) is 9.97 Å². The molecular formula is C26H25F3N6O3. The van der Waals surface area contributed by atoms with Crippen LogP contribution in [0.25, 0.3) is 0 Å². The highest BCUT2D eigenvalue weighted by atomic mass is 19.4. The molecule has 2 aliphatic heterocycles. The average Bonchev–Trinajstić information content (AvgIpc) is 3.24. The number of azo groups is 1. The molecule has 1 amide bonds. The van der Waals surface area contributed by atoms with E-state index in [1.54, 1.807) is 24.3 Å². The highest BCUT2D eigenvalue weighted by Crippen LogP contribution is 2.43. The number of anilines is 2. The van der Waals surface area contributed by atoms with Crippen molar-refractivity contribution < 1.29 is 27.4 Å². The number of hydrogen-bond acceptors (Lipinski definition) is 8. The normalized spacial score (nSPS) is 20.8. The first-order valence-electron chi connectivity index (χ1n) is 12.1. The number of rotatable bonds is 5. The number of hydrogen-bond donors (Lipinski definition) is 1. The minimum atomic E-state index is -4.55. The van der Waals surface area contributed by atoms with Crippen LogP contribution in [0, 0.1) is 0 Å². The molecule has 0 saturated carbocycles. The third kappa shape index (κ3) is 5.44. The van der Waals surface area contributed by atoms with Gasteiger partial charge in [0, 0.05) is 30.4 Å². The molecule has 1 N–H and O–H groups in total. The van der Waals surface area contributed by atoms with Crippen molar-refractivity contribution in [2.24, 2.45) is 10.2 Å². The van der Waals surface area contributed by atoms with Crippen LogP contribution in [0.15, 0.2) is 58.8 Å². The standard InChI is InChI=1S/C26H25F3N6O3/c1-14-12-35(13-15(2)37-14)25-31-21-16(3)33-34-22(21)24(32-25)38-20-9-5-8-19(11-20)30-23(36)17-6-4-7-18(10-17)26(27,28)29/h4-11,14-16H,12-13H2,1-3H3,(H,30,36). The molecule has 5 rings (SSSR count). The molecule has 1 aromatic heterocycles. The molecule has 2 aromatic carbocycles. The van der Waals surface area contributed by atoms with Gasteiger partial charge in [-0.1, -0.05) is 12.1 Å². The maximum absolute atomic E-state index is 13.0. The molecule has 198 valence electrons. The van der Waals surface area contributed by atoms with Crippen LogP contribution in [0.4, 0.5) is 30.5 Å². The van der Waals surface area contributed by atoms with Gasteiger partial charge >= 0.3 is 6.18 Å². The van der Waals surface area contributed by atoms with Crippen molar-refractivity contribution in [2.45, 2.75) is 45.2 Å². The van der Waals surface area contributed by atoms with Crippen LogP contribution in [-0.2, 0) is 10.9 Å². The Labute approximate surface area is 216 Å². The molecule has 0 radical (unpaired) electrons. The molecule has 1 saturated heterocycles. The van der Waals surface area contributed by atoms with Crippen molar-refractivity contribution >= 4 is 23.2 Å². The summed E-state index contributed by atoms with van der Waals surface area (Å²) in [7, 11) is 0. The fourth-order valence-electron chi connectivity index (χ4n) is 4.37. The van der Waals surface area contributed by atoms with Crippen molar-refractivity contribution in [2.75, 3.05) is 23.3 Å². The lowest BCUT2D eigenvalue weighted by molar-refractivity contribution is -0.137. The monoisotopic (exact) mass is 526 g/mol. The number of fused-ring (bicyclic) bond motifs is 1. The van der Waals surface area contributed by atoms with E-state index in [0.717, 1.165) is 12.1 Å². The second kappa shape index (κ2) is 10.0. The van der Waals surface area contributed by atoms with E-state index in [0.29, 0.717) is 41.9 Å². The molecule has 3 heterocycles. The van der Waals surface area contributed by atoms with Gasteiger partial charge in [-0.3, -0.25) is 4.79 Å². The van der Waals surface area contributed by atoms with Crippen LogP contribution in [0.2, 0.25) is 0 Å². The third-order valence-corrected chi connectivity index (χ3v) is 6.05. The summed E-state index contributed by atoms with van der Waals surface area (Å²) in [5.74, 6) is 0.356. The summed E-state index contributed by atoms with van der Waals surface area (Å²) in [5.41, 5.74) is 0.386. The lowest BCUT2D eigenvalue weighted by Gasteiger charge is -2.35. The van der Waals surface area contributed by atoms with E-state index < -0.39 is 17.6 Å². The minimum Gasteiger partial charge on any atom is -0.437 e. The van der Waals surface area contributed by atoms with Gasteiger partial charge in [0.25, 0.3) is 11.8 Å². The maximum Gasteiger partial charge on any atom is 0.416 e. The van der Waals surface area contributed by atoms with E-state index in [1.165, 1.54) is 12.1 Å². The van der Waals surface area contributed by atoms with E-state index in [-0.39, 0.29) is 29.7 Å². The van der Waals surface area contributed by atoms with Crippen LogP contribution >= 0.6 is 0 Å². The van der Waals surface area contributed by atoms with E-state index >= 15 is 0 Å². The number of amides is 1. The number of halogens is 3. The van der Waals surface area contributed by atoms with Gasteiger partial charge in [-0.25, -0.2) is 4.98 Å². The van der Waals surface area contributed by atoms with Gasteiger partial charge in [0.2, 0.25) is 5.95 Å². The summed E-state index contributed by atoms with van der Waals surface area (Å²) in [6.45, 7) is 7.08. The first kappa shape index (κ1) is 25.6. The molecule has 12 heteroatoms. The Balaban J connectivity index is 1.39. The summed E-state index contributed by atoms with van der Waals surface area (Å²) < 4.78 is 51.0. The zero-order valence-corrected chi connectivity index (χ0v) is 20.9. The number of carbonyl (C=O) groups excluding carboxylic acids is 1. The summed E-state index contributed by atoms with van der Waals surface area (Å²) >= 11 is 0. The summed E-state index contributed by atoms with van der Waals surface area (Å²) in [6, 6.07) is 10.4. The Bertz CT molecular complexity index is 1390. The molecule has 9 nitrogen and oxygen atoms in total. The predicted molar refractivity (Wildman–Crippen MR) is 133 cm³/mol. The molecule has 3 aromatic rings. The van der Waals surface area contributed by atoms with E-state index in [4.69, 9.17) is 14.5 Å². The number of aromatic nitrogens is 2. The van der Waals surface area contributed by atoms with Gasteiger partial charge in [0.15, 0.2) is 5.69 Å². The Hall–Kier alpha value is -4.06. The Morgan fingerprint density at radius 2 is 1.79 bits per heavy atom. The highest BCUT2D eigenvalue weighted by Gasteiger charge is 2.31. The number of nitrogens with one attached hydrogen (secondary N) is 1. The molecule has 38 heavy (non-hydrogen) atoms. The van der Waals surface area contributed by atoms with E-state index in [1.807, 2.05) is 25.7 Å². The lowest BCUT2D eigenvalue weighted by atomic mass is 10.1. The van der Waals surface area contributed by atoms with Crippen molar-refractivity contribution in [3.8, 4) is 11.6 Å². The maximum atomic E-state index is 13.0. The first-order chi connectivity index (χ1) is 18.1. The van der Waals surface area contributed by atoms with Crippen LogP contribution < -0.4 is 15.0 Å². The SMILES string of the molecule is CC1CN(c2nc(Oc3cccc(NC(=O)c4cccc(C(F)(F)F)c4)c3)c3c(n2)C(C)N=N3)CC(C)O1. The number of benzene rings is 2. The molecule has 0 aliphatic carbocycles. The van der Waals surface area contributed by atoms with Crippen molar-refractivity contribution in [3.05, 3.63) is 65.4 Å². The van der Waals surface area contributed by atoms with Crippen LogP contribution in [0.5, 0.6) is 11.6 Å². The number of carbonyl (C=O) groups is 1. The van der Waals surface area contributed by atoms with Gasteiger partial charge in [-0.05, 0) is 51.1 Å². The Kier molecular flexibility index (Phi) is 6.74. The van der Waals surface area contributed by atoms with Crippen LogP contribution in [0.1, 0.15) is 48.4 Å². The third-order valence-electron chi connectivity index (χ3n) is 6.05. The number of morpholine rings is 1. The van der Waals surface area contributed by atoms with Gasteiger partial charge < -0.3 is 19.7 Å². The smallest absolute Gasteiger partial charge is 0.416 e. The number of ether oxygens (including phenoxy) is 2.